The summed E-state index contributed by atoms with van der Waals surface area (Å²) >= 11 is 0. The highest BCUT2D eigenvalue weighted by Crippen LogP contribution is 2.13. The molecule has 0 saturated carbocycles. The van der Waals surface area contributed by atoms with E-state index in [4.69, 9.17) is 15.7 Å². The Morgan fingerprint density at radius 1 is 1.35 bits per heavy atom. The second kappa shape index (κ2) is 5.05. The van der Waals surface area contributed by atoms with Gasteiger partial charge in [0.2, 0.25) is 0 Å². The van der Waals surface area contributed by atoms with Crippen molar-refractivity contribution in [3.05, 3.63) is 29.8 Å². The molecule has 1 amide bonds. The van der Waals surface area contributed by atoms with E-state index in [1.165, 1.54) is 12.1 Å². The van der Waals surface area contributed by atoms with Gasteiger partial charge >= 0.3 is 6.09 Å². The molecule has 1 aromatic rings. The minimum absolute atomic E-state index is 0.176. The number of carbonyl (C=O) groups excluding carboxylic acids is 1. The number of amides is 1. The molecular formula is C12H18N2O3. The van der Waals surface area contributed by atoms with Gasteiger partial charge in [0.25, 0.3) is 0 Å². The summed E-state index contributed by atoms with van der Waals surface area (Å²) in [7, 11) is 0. The lowest BCUT2D eigenvalue weighted by Crippen LogP contribution is -2.40. The zero-order valence-corrected chi connectivity index (χ0v) is 10.3. The van der Waals surface area contributed by atoms with Crippen molar-refractivity contribution in [3.8, 4) is 5.75 Å². The van der Waals surface area contributed by atoms with Crippen LogP contribution in [0.1, 0.15) is 26.3 Å². The maximum atomic E-state index is 11.6. The lowest BCUT2D eigenvalue weighted by atomic mass is 10.2. The van der Waals surface area contributed by atoms with E-state index in [1.54, 1.807) is 32.9 Å². The van der Waals surface area contributed by atoms with Crippen molar-refractivity contribution < 1.29 is 14.6 Å². The second-order valence-electron chi connectivity index (χ2n) is 4.77. The largest absolute Gasteiger partial charge is 0.508 e. The minimum Gasteiger partial charge on any atom is -0.508 e. The Kier molecular flexibility index (Phi) is 3.96. The number of hydrogen-bond donors (Lipinski definition) is 2. The molecule has 0 aromatic heterocycles. The molecule has 0 aliphatic carbocycles. The predicted molar refractivity (Wildman–Crippen MR) is 64.1 cm³/mol. The molecule has 17 heavy (non-hydrogen) atoms. The first-order valence-electron chi connectivity index (χ1n) is 5.31. The fourth-order valence-corrected chi connectivity index (χ4v) is 1.18. The second-order valence-corrected chi connectivity index (χ2v) is 4.77. The summed E-state index contributed by atoms with van der Waals surface area (Å²) in [6, 6.07) is 6.47. The number of ether oxygens (including phenoxy) is 1. The van der Waals surface area contributed by atoms with Gasteiger partial charge < -0.3 is 9.84 Å². The first-order valence-corrected chi connectivity index (χ1v) is 5.31. The van der Waals surface area contributed by atoms with Crippen molar-refractivity contribution in [1.29, 1.82) is 0 Å². The van der Waals surface area contributed by atoms with Crippen molar-refractivity contribution in [3.63, 3.8) is 0 Å². The van der Waals surface area contributed by atoms with E-state index in [9.17, 15) is 4.79 Å². The number of hydrazine groups is 1. The van der Waals surface area contributed by atoms with Gasteiger partial charge in [-0.25, -0.2) is 15.6 Å². The zero-order chi connectivity index (χ0) is 13.1. The maximum Gasteiger partial charge on any atom is 0.424 e. The summed E-state index contributed by atoms with van der Waals surface area (Å²) in [5, 5.41) is 10.1. The first kappa shape index (κ1) is 13.3. The van der Waals surface area contributed by atoms with Gasteiger partial charge in [-0.05, 0) is 38.5 Å². The van der Waals surface area contributed by atoms with Crippen molar-refractivity contribution in [2.45, 2.75) is 32.9 Å². The highest BCUT2D eigenvalue weighted by atomic mass is 16.6. The van der Waals surface area contributed by atoms with Crippen molar-refractivity contribution in [2.75, 3.05) is 0 Å². The molecular weight excluding hydrogens is 220 g/mol. The molecule has 0 bridgehead atoms. The molecule has 5 heteroatoms. The molecule has 94 valence electrons. The van der Waals surface area contributed by atoms with Crippen LogP contribution in [0.5, 0.6) is 5.75 Å². The lowest BCUT2D eigenvalue weighted by Gasteiger charge is -2.24. The molecule has 1 rings (SSSR count). The Morgan fingerprint density at radius 2 is 1.88 bits per heavy atom. The van der Waals surface area contributed by atoms with Crippen LogP contribution in [0.4, 0.5) is 4.79 Å². The van der Waals surface area contributed by atoms with Crippen LogP contribution in [-0.4, -0.2) is 21.8 Å². The molecule has 1 aromatic carbocycles. The molecule has 0 heterocycles. The van der Waals surface area contributed by atoms with Gasteiger partial charge in [0.05, 0.1) is 6.54 Å². The van der Waals surface area contributed by atoms with E-state index in [2.05, 4.69) is 0 Å². The summed E-state index contributed by atoms with van der Waals surface area (Å²) in [5.74, 6) is 5.77. The summed E-state index contributed by atoms with van der Waals surface area (Å²) in [4.78, 5) is 11.6. The number of hydrogen-bond acceptors (Lipinski definition) is 4. The van der Waals surface area contributed by atoms with Gasteiger partial charge in [-0.1, -0.05) is 12.1 Å². The predicted octanol–water partition coefficient (Wildman–Crippen LogP) is 2.00. The van der Waals surface area contributed by atoms with Gasteiger partial charge in [0.1, 0.15) is 11.4 Å². The molecule has 0 aliphatic rings. The average molecular weight is 238 g/mol. The van der Waals surface area contributed by atoms with Gasteiger partial charge in [0.15, 0.2) is 0 Å². The SMILES string of the molecule is CC(C)(C)OC(=O)N(N)Cc1ccc(O)cc1. The molecule has 0 fully saturated rings. The van der Waals surface area contributed by atoms with Gasteiger partial charge in [-0.15, -0.1) is 0 Å². The first-order chi connectivity index (χ1) is 7.78. The van der Waals surface area contributed by atoms with Crippen molar-refractivity contribution in [1.82, 2.24) is 5.01 Å². The number of aromatic hydroxyl groups is 1. The van der Waals surface area contributed by atoms with Crippen LogP contribution in [0.2, 0.25) is 0 Å². The van der Waals surface area contributed by atoms with Crippen LogP contribution in [0.15, 0.2) is 24.3 Å². The van der Waals surface area contributed by atoms with Gasteiger partial charge in [0, 0.05) is 0 Å². The molecule has 3 N–H and O–H groups in total. The Morgan fingerprint density at radius 3 is 2.35 bits per heavy atom. The van der Waals surface area contributed by atoms with E-state index in [-0.39, 0.29) is 12.3 Å². The number of phenols is 1. The third-order valence-corrected chi connectivity index (χ3v) is 1.92. The minimum atomic E-state index is -0.578. The van der Waals surface area contributed by atoms with Crippen LogP contribution in [0.3, 0.4) is 0 Å². The van der Waals surface area contributed by atoms with Crippen LogP contribution in [-0.2, 0) is 11.3 Å². The Hall–Kier alpha value is -1.75. The number of carbonyl (C=O) groups is 1. The Labute approximate surface area is 101 Å². The third kappa shape index (κ3) is 4.74. The number of nitrogens with zero attached hydrogens (tertiary/aromatic N) is 1. The fourth-order valence-electron chi connectivity index (χ4n) is 1.18. The van der Waals surface area contributed by atoms with Crippen LogP contribution in [0, 0.1) is 0 Å². The molecule has 0 atom stereocenters. The molecule has 0 aliphatic heterocycles. The standard InChI is InChI=1S/C12H18N2O3/c1-12(2,3)17-11(16)14(13)8-9-4-6-10(15)7-5-9/h4-7,15H,8,13H2,1-3H3. The zero-order valence-electron chi connectivity index (χ0n) is 10.3. The summed E-state index contributed by atoms with van der Waals surface area (Å²) < 4.78 is 5.11. The third-order valence-electron chi connectivity index (χ3n) is 1.92. The van der Waals surface area contributed by atoms with E-state index < -0.39 is 11.7 Å². The number of benzene rings is 1. The highest BCUT2D eigenvalue weighted by molar-refractivity contribution is 5.67. The van der Waals surface area contributed by atoms with E-state index in [1.807, 2.05) is 0 Å². The number of nitrogens with two attached hydrogens (primary N) is 1. The molecule has 0 radical (unpaired) electrons. The summed E-state index contributed by atoms with van der Waals surface area (Å²) in [5.41, 5.74) is 0.250. The van der Waals surface area contributed by atoms with Crippen molar-refractivity contribution >= 4 is 6.09 Å². The summed E-state index contributed by atoms with van der Waals surface area (Å²) in [6.45, 7) is 5.56. The Balaban J connectivity index is 2.57. The quantitative estimate of drug-likeness (QED) is 0.469. The monoisotopic (exact) mass is 238 g/mol. The van der Waals surface area contributed by atoms with Crippen LogP contribution in [0.25, 0.3) is 0 Å². The van der Waals surface area contributed by atoms with E-state index in [0.29, 0.717) is 0 Å². The molecule has 0 saturated heterocycles. The topological polar surface area (TPSA) is 75.8 Å². The smallest absolute Gasteiger partial charge is 0.424 e. The number of phenolic OH excluding ortho intramolecular Hbond substituents is 1. The van der Waals surface area contributed by atoms with Crippen LogP contribution >= 0.6 is 0 Å². The normalized spacial score (nSPS) is 11.1. The Bertz CT molecular complexity index is 382. The maximum absolute atomic E-state index is 11.6. The van der Waals surface area contributed by atoms with Crippen molar-refractivity contribution in [2.24, 2.45) is 5.84 Å². The van der Waals surface area contributed by atoms with Gasteiger partial charge in [-0.3, -0.25) is 0 Å². The average Bonchev–Trinajstić information content (AvgIpc) is 2.19. The lowest BCUT2D eigenvalue weighted by molar-refractivity contribution is 0.0231. The van der Waals surface area contributed by atoms with E-state index >= 15 is 0 Å². The molecule has 0 spiro atoms. The fraction of sp³-hybridized carbons (Fsp3) is 0.417. The number of rotatable bonds is 2. The summed E-state index contributed by atoms with van der Waals surface area (Å²) in [6.07, 6.45) is -0.578. The van der Waals surface area contributed by atoms with Crippen LogP contribution < -0.4 is 5.84 Å². The van der Waals surface area contributed by atoms with E-state index in [0.717, 1.165) is 10.6 Å². The van der Waals surface area contributed by atoms with Gasteiger partial charge in [-0.2, -0.15) is 0 Å². The molecule has 0 unspecified atom stereocenters. The highest BCUT2D eigenvalue weighted by Gasteiger charge is 2.20. The molecule has 5 nitrogen and oxygen atoms in total.